The minimum Gasteiger partial charge on any atom is -0.368 e. The van der Waals surface area contributed by atoms with E-state index in [2.05, 4.69) is 9.68 Å². The van der Waals surface area contributed by atoms with Crippen molar-refractivity contribution in [3.8, 4) is 0 Å². The molecule has 1 unspecified atom stereocenters. The van der Waals surface area contributed by atoms with Gasteiger partial charge in [-0.2, -0.15) is 0 Å². The van der Waals surface area contributed by atoms with Crippen molar-refractivity contribution < 1.29 is 53.7 Å². The van der Waals surface area contributed by atoms with Gasteiger partial charge in [0.05, 0.1) is 0 Å². The highest BCUT2D eigenvalue weighted by Crippen LogP contribution is 2.69. The molecule has 0 rings (SSSR count). The van der Waals surface area contributed by atoms with Gasteiger partial charge in [0, 0.05) is 0 Å². The Bertz CT molecular complexity index is 503. The molecule has 0 aliphatic rings. The van der Waals surface area contributed by atoms with Crippen LogP contribution in [0.4, 0.5) is 0 Å². The SMILES string of the molecule is O=[N+]([O-])OCC(CCCC(O)(P(=O)(O)O)P(=O)(O)O)O[N+](=O)[O-]. The van der Waals surface area contributed by atoms with Gasteiger partial charge in [0.15, 0.2) is 0 Å². The molecule has 0 spiro atoms. The van der Waals surface area contributed by atoms with Crippen LogP contribution in [0.15, 0.2) is 0 Å². The van der Waals surface area contributed by atoms with Crippen LogP contribution >= 0.6 is 15.2 Å². The molecule has 0 amide bonds. The standard InChI is InChI=1S/C6H14N2O13P2/c9-6(22(14,15)16,23(17,18)19)3-1-2-5(21-8(12)13)4-20-7(10)11/h5,9H,1-4H2,(H2,14,15,16)(H2,17,18,19). The number of nitrogens with zero attached hydrogens (tertiary/aromatic N) is 2. The number of aliphatic hydroxyl groups is 1. The molecular weight excluding hydrogens is 370 g/mol. The second-order valence-corrected chi connectivity index (χ2v) is 8.23. The van der Waals surface area contributed by atoms with Gasteiger partial charge in [-0.05, 0) is 19.3 Å². The predicted octanol–water partition coefficient (Wildman–Crippen LogP) is -1.06. The van der Waals surface area contributed by atoms with E-state index in [9.17, 15) is 34.5 Å². The summed E-state index contributed by atoms with van der Waals surface area (Å²) in [4.78, 5) is 63.5. The maximum Gasteiger partial charge on any atom is 0.369 e. The lowest BCUT2D eigenvalue weighted by Gasteiger charge is -2.29. The van der Waals surface area contributed by atoms with E-state index in [-0.39, 0.29) is 0 Å². The van der Waals surface area contributed by atoms with Crippen molar-refractivity contribution in [1.82, 2.24) is 0 Å². The van der Waals surface area contributed by atoms with Crippen LogP contribution in [-0.2, 0) is 18.8 Å². The molecule has 0 saturated carbocycles. The molecule has 23 heavy (non-hydrogen) atoms. The summed E-state index contributed by atoms with van der Waals surface area (Å²) >= 11 is 0. The summed E-state index contributed by atoms with van der Waals surface area (Å²) in [6.45, 7) is -0.905. The molecule has 15 nitrogen and oxygen atoms in total. The smallest absolute Gasteiger partial charge is 0.368 e. The van der Waals surface area contributed by atoms with Crippen LogP contribution in [0.25, 0.3) is 0 Å². The second-order valence-electron chi connectivity index (χ2n) is 4.23. The quantitative estimate of drug-likeness (QED) is 0.162. The van der Waals surface area contributed by atoms with Crippen molar-refractivity contribution in [2.45, 2.75) is 30.4 Å². The van der Waals surface area contributed by atoms with Crippen molar-refractivity contribution in [1.29, 1.82) is 0 Å². The van der Waals surface area contributed by atoms with E-state index < -0.39 is 62.4 Å². The molecule has 5 N–H and O–H groups in total. The van der Waals surface area contributed by atoms with Crippen LogP contribution in [0, 0.1) is 20.2 Å². The molecule has 136 valence electrons. The highest BCUT2D eigenvalue weighted by atomic mass is 31.2. The topological polar surface area (TPSA) is 240 Å². The van der Waals surface area contributed by atoms with Crippen LogP contribution in [0.3, 0.4) is 0 Å². The number of hydrogen-bond acceptors (Lipinski definition) is 9. The second kappa shape index (κ2) is 7.97. The molecule has 0 saturated heterocycles. The molecule has 0 aromatic rings. The van der Waals surface area contributed by atoms with E-state index in [1.807, 2.05) is 0 Å². The zero-order chi connectivity index (χ0) is 18.5. The van der Waals surface area contributed by atoms with Crippen LogP contribution in [0.2, 0.25) is 0 Å². The summed E-state index contributed by atoms with van der Waals surface area (Å²) < 4.78 is 22.1. The largest absolute Gasteiger partial charge is 0.369 e. The van der Waals surface area contributed by atoms with Crippen LogP contribution in [0.1, 0.15) is 19.3 Å². The van der Waals surface area contributed by atoms with E-state index in [1.165, 1.54) is 0 Å². The Hall–Kier alpha value is -1.34. The van der Waals surface area contributed by atoms with E-state index in [0.29, 0.717) is 0 Å². The van der Waals surface area contributed by atoms with Crippen molar-refractivity contribution in [2.24, 2.45) is 0 Å². The van der Waals surface area contributed by atoms with E-state index in [1.54, 1.807) is 0 Å². The monoisotopic (exact) mass is 384 g/mol. The van der Waals surface area contributed by atoms with Crippen LogP contribution in [-0.4, -0.2) is 52.6 Å². The normalized spacial score (nSPS) is 14.1. The molecule has 0 aromatic heterocycles. The van der Waals surface area contributed by atoms with Crippen molar-refractivity contribution in [3.05, 3.63) is 20.2 Å². The summed E-state index contributed by atoms with van der Waals surface area (Å²) in [6, 6.07) is 0. The van der Waals surface area contributed by atoms with Gasteiger partial charge in [-0.25, -0.2) is 0 Å². The molecule has 0 heterocycles. The van der Waals surface area contributed by atoms with Gasteiger partial charge >= 0.3 is 15.2 Å². The minimum atomic E-state index is -5.65. The predicted molar refractivity (Wildman–Crippen MR) is 67.7 cm³/mol. The summed E-state index contributed by atoms with van der Waals surface area (Å²) in [5, 5.41) is 23.5. The first-order valence-electron chi connectivity index (χ1n) is 5.63. The van der Waals surface area contributed by atoms with Gasteiger partial charge in [0.1, 0.15) is 12.7 Å². The summed E-state index contributed by atoms with van der Waals surface area (Å²) in [6.07, 6.45) is -3.78. The molecular formula is C6H14N2O13P2. The van der Waals surface area contributed by atoms with E-state index in [4.69, 9.17) is 19.6 Å². The first kappa shape index (κ1) is 21.7. The molecule has 0 aliphatic carbocycles. The Morgan fingerprint density at radius 1 is 1.04 bits per heavy atom. The average Bonchev–Trinajstić information content (AvgIpc) is 2.31. The highest BCUT2D eigenvalue weighted by molar-refractivity contribution is 7.72. The third-order valence-electron chi connectivity index (χ3n) is 2.57. The Balaban J connectivity index is 4.89. The average molecular weight is 384 g/mol. The molecule has 0 bridgehead atoms. The summed E-state index contributed by atoms with van der Waals surface area (Å²) in [5.41, 5.74) is 0. The maximum atomic E-state index is 11.1. The zero-order valence-electron chi connectivity index (χ0n) is 11.2. The molecule has 17 heteroatoms. The fourth-order valence-corrected chi connectivity index (χ4v) is 3.72. The van der Waals surface area contributed by atoms with Gasteiger partial charge in [-0.15, -0.1) is 20.2 Å². The first-order chi connectivity index (χ1) is 10.2. The van der Waals surface area contributed by atoms with Crippen molar-refractivity contribution in [2.75, 3.05) is 6.61 Å². The number of rotatable bonds is 11. The van der Waals surface area contributed by atoms with Crippen LogP contribution in [0.5, 0.6) is 0 Å². The van der Waals surface area contributed by atoms with Gasteiger partial charge in [0.2, 0.25) is 0 Å². The van der Waals surface area contributed by atoms with Gasteiger partial charge in [-0.3, -0.25) is 9.13 Å². The fraction of sp³-hybridized carbons (Fsp3) is 1.00. The molecule has 0 radical (unpaired) electrons. The molecule has 0 aromatic carbocycles. The Kier molecular flexibility index (Phi) is 7.50. The Morgan fingerprint density at radius 3 is 1.87 bits per heavy atom. The van der Waals surface area contributed by atoms with Crippen LogP contribution < -0.4 is 0 Å². The summed E-state index contributed by atoms with van der Waals surface area (Å²) in [7, 11) is -11.3. The van der Waals surface area contributed by atoms with Gasteiger partial charge < -0.3 is 34.4 Å². The van der Waals surface area contributed by atoms with Crippen molar-refractivity contribution >= 4 is 15.2 Å². The zero-order valence-corrected chi connectivity index (χ0v) is 13.0. The lowest BCUT2D eigenvalue weighted by atomic mass is 10.1. The third kappa shape index (κ3) is 6.74. The maximum absolute atomic E-state index is 11.1. The minimum absolute atomic E-state index is 0.517. The fourth-order valence-electron chi connectivity index (χ4n) is 1.46. The molecule has 1 atom stereocenters. The van der Waals surface area contributed by atoms with Gasteiger partial charge in [0.25, 0.3) is 15.3 Å². The molecule has 0 aliphatic heterocycles. The lowest BCUT2D eigenvalue weighted by Crippen LogP contribution is -2.30. The Labute approximate surface area is 127 Å². The highest BCUT2D eigenvalue weighted by Gasteiger charge is 2.58. The van der Waals surface area contributed by atoms with E-state index in [0.717, 1.165) is 0 Å². The Morgan fingerprint density at radius 2 is 1.52 bits per heavy atom. The first-order valence-corrected chi connectivity index (χ1v) is 8.85. The third-order valence-corrected chi connectivity index (χ3v) is 6.45. The van der Waals surface area contributed by atoms with E-state index >= 15 is 0 Å². The summed E-state index contributed by atoms with van der Waals surface area (Å²) in [5.74, 6) is 0. The lowest BCUT2D eigenvalue weighted by molar-refractivity contribution is -0.790. The number of hydrogen-bond donors (Lipinski definition) is 5. The molecule has 0 fully saturated rings. The van der Waals surface area contributed by atoms with Gasteiger partial charge in [-0.1, -0.05) is 0 Å². The van der Waals surface area contributed by atoms with Crippen molar-refractivity contribution in [3.63, 3.8) is 0 Å².